The van der Waals surface area contributed by atoms with E-state index < -0.39 is 23.0 Å². The summed E-state index contributed by atoms with van der Waals surface area (Å²) in [5, 5.41) is 16.8. The topological polar surface area (TPSA) is 118 Å². The highest BCUT2D eigenvalue weighted by Gasteiger charge is 2.88. The van der Waals surface area contributed by atoms with Gasteiger partial charge in [-0.2, -0.15) is 0 Å². The normalized spacial score (nSPS) is 38.1. The summed E-state index contributed by atoms with van der Waals surface area (Å²) in [5.74, 6) is 0.539. The molecule has 7 atom stereocenters. The molecule has 3 aromatic rings. The Balaban J connectivity index is 1.15. The lowest BCUT2D eigenvalue weighted by atomic mass is 9.56. The number of benzene rings is 2. The number of ether oxygens (including phenoxy) is 1. The first kappa shape index (κ1) is 22.3. The van der Waals surface area contributed by atoms with Crippen molar-refractivity contribution in [2.24, 2.45) is 11.7 Å². The first-order valence-corrected chi connectivity index (χ1v) is 14.1. The predicted molar refractivity (Wildman–Crippen MR) is 143 cm³/mol. The Bertz CT molecular complexity index is 1630. The molecule has 3 heterocycles. The molecule has 1 saturated heterocycles. The number of amides is 2. The molecule has 2 aromatic carbocycles. The minimum Gasteiger partial charge on any atom is -0.486 e. The van der Waals surface area contributed by atoms with E-state index in [0.29, 0.717) is 29.7 Å². The number of hydrogen-bond acceptors (Lipinski definition) is 6. The molecule has 2 spiro atoms. The van der Waals surface area contributed by atoms with Crippen LogP contribution in [0.1, 0.15) is 63.9 Å². The summed E-state index contributed by atoms with van der Waals surface area (Å²) in [4.78, 5) is 33.2. The van der Waals surface area contributed by atoms with Crippen LogP contribution >= 0.6 is 0 Å². The van der Waals surface area contributed by atoms with Gasteiger partial charge in [0.05, 0.1) is 39.7 Å². The zero-order chi connectivity index (χ0) is 26.3. The van der Waals surface area contributed by atoms with Crippen LogP contribution in [0.2, 0.25) is 0 Å². The number of nitrogens with two attached hydrogens (primary N) is 1. The van der Waals surface area contributed by atoms with Crippen molar-refractivity contribution >= 4 is 22.7 Å². The van der Waals surface area contributed by atoms with Gasteiger partial charge in [-0.3, -0.25) is 19.5 Å². The quantitative estimate of drug-likeness (QED) is 0.443. The number of nitrogens with one attached hydrogen (secondary N) is 1. The summed E-state index contributed by atoms with van der Waals surface area (Å²) in [5.41, 5.74) is 7.86. The number of nitrogens with zero attached hydrogens (tertiary/aromatic N) is 2. The third-order valence-electron chi connectivity index (χ3n) is 10.9. The van der Waals surface area contributed by atoms with Crippen molar-refractivity contribution in [2.75, 3.05) is 6.54 Å². The van der Waals surface area contributed by atoms with E-state index in [4.69, 9.17) is 10.5 Å². The van der Waals surface area contributed by atoms with Crippen LogP contribution in [0.25, 0.3) is 10.9 Å². The Morgan fingerprint density at radius 3 is 2.79 bits per heavy atom. The summed E-state index contributed by atoms with van der Waals surface area (Å²) < 4.78 is 6.71. The monoisotopic (exact) mass is 522 g/mol. The molecule has 6 aliphatic rings. The van der Waals surface area contributed by atoms with Gasteiger partial charge in [-0.25, -0.2) is 0 Å². The van der Waals surface area contributed by atoms with Crippen LogP contribution in [0.4, 0.5) is 0 Å². The summed E-state index contributed by atoms with van der Waals surface area (Å²) in [6.45, 7) is 1.05. The second-order valence-electron chi connectivity index (χ2n) is 12.7. The average Bonchev–Trinajstić information content (AvgIpc) is 3.80. The van der Waals surface area contributed by atoms with E-state index in [1.807, 2.05) is 30.3 Å². The molecule has 4 N–H and O–H groups in total. The second kappa shape index (κ2) is 6.98. The number of carbonyl (C=O) groups excluding carboxylic acids is 2. The third kappa shape index (κ3) is 2.55. The van der Waals surface area contributed by atoms with Gasteiger partial charge in [0.15, 0.2) is 0 Å². The van der Waals surface area contributed by atoms with E-state index in [0.717, 1.165) is 47.3 Å². The number of primary amides is 1. The minimum atomic E-state index is -0.982. The number of carbonyl (C=O) groups is 2. The lowest BCUT2D eigenvalue weighted by molar-refractivity contribution is -0.116. The summed E-state index contributed by atoms with van der Waals surface area (Å²) >= 11 is 0. The van der Waals surface area contributed by atoms with Gasteiger partial charge >= 0.3 is 0 Å². The summed E-state index contributed by atoms with van der Waals surface area (Å²) in [6, 6.07) is 12.9. The number of hydrogen-bond donors (Lipinski definition) is 3. The predicted octanol–water partition coefficient (Wildman–Crippen LogP) is 2.45. The van der Waals surface area contributed by atoms with E-state index in [1.165, 1.54) is 12.8 Å². The van der Waals surface area contributed by atoms with Gasteiger partial charge in [0, 0.05) is 29.2 Å². The first-order valence-electron chi connectivity index (χ1n) is 14.1. The maximum atomic E-state index is 13.7. The van der Waals surface area contributed by atoms with Crippen molar-refractivity contribution in [2.45, 2.75) is 73.3 Å². The fourth-order valence-corrected chi connectivity index (χ4v) is 9.27. The third-order valence-corrected chi connectivity index (χ3v) is 10.9. The largest absolute Gasteiger partial charge is 0.486 e. The molecule has 2 bridgehead atoms. The number of piperidine rings is 1. The fraction of sp³-hybridized carbons (Fsp3) is 0.452. The molecule has 3 saturated carbocycles. The van der Waals surface area contributed by atoms with Crippen LogP contribution < -0.4 is 15.8 Å². The van der Waals surface area contributed by atoms with Crippen molar-refractivity contribution in [1.82, 2.24) is 15.2 Å². The van der Waals surface area contributed by atoms with Crippen molar-refractivity contribution in [1.29, 1.82) is 0 Å². The van der Waals surface area contributed by atoms with Crippen LogP contribution in [0, 0.1) is 5.92 Å². The van der Waals surface area contributed by atoms with Crippen LogP contribution in [0.3, 0.4) is 0 Å². The fourth-order valence-electron chi connectivity index (χ4n) is 9.27. The molecule has 8 nitrogen and oxygen atoms in total. The molecular weight excluding hydrogens is 492 g/mol. The van der Waals surface area contributed by atoms with E-state index in [2.05, 4.69) is 15.2 Å². The molecule has 4 aliphatic carbocycles. The van der Waals surface area contributed by atoms with Gasteiger partial charge < -0.3 is 20.9 Å². The summed E-state index contributed by atoms with van der Waals surface area (Å²) in [6.07, 6.45) is 6.53. The van der Waals surface area contributed by atoms with E-state index >= 15 is 0 Å². The average molecular weight is 523 g/mol. The van der Waals surface area contributed by atoms with Gasteiger partial charge in [-0.05, 0) is 68.2 Å². The Labute approximate surface area is 225 Å². The highest BCUT2D eigenvalue weighted by Crippen LogP contribution is 2.76. The van der Waals surface area contributed by atoms with Gasteiger partial charge in [0.1, 0.15) is 11.9 Å². The van der Waals surface area contributed by atoms with Crippen molar-refractivity contribution in [3.05, 3.63) is 70.9 Å². The number of aliphatic hydroxyl groups is 1. The van der Waals surface area contributed by atoms with E-state index in [9.17, 15) is 14.7 Å². The molecule has 9 rings (SSSR count). The maximum absolute atomic E-state index is 13.7. The van der Waals surface area contributed by atoms with E-state index in [-0.39, 0.29) is 23.5 Å². The molecule has 0 radical (unpaired) electrons. The highest BCUT2D eigenvalue weighted by atomic mass is 16.5. The van der Waals surface area contributed by atoms with Gasteiger partial charge in [0.25, 0.3) is 11.8 Å². The summed E-state index contributed by atoms with van der Waals surface area (Å²) in [7, 11) is 0. The number of likely N-dealkylation sites (tertiary alicyclic amines) is 1. The Kier molecular flexibility index (Phi) is 4.00. The van der Waals surface area contributed by atoms with Crippen molar-refractivity contribution in [3.63, 3.8) is 0 Å². The number of para-hydroxylation sites is 1. The highest BCUT2D eigenvalue weighted by molar-refractivity contribution is 6.06. The number of rotatable bonds is 5. The second-order valence-corrected chi connectivity index (χ2v) is 12.7. The smallest absolute Gasteiger partial charge is 0.252 e. The molecule has 39 heavy (non-hydrogen) atoms. The Morgan fingerprint density at radius 2 is 1.97 bits per heavy atom. The lowest BCUT2D eigenvalue weighted by Gasteiger charge is -2.53. The molecule has 2 amide bonds. The molecule has 1 aromatic heterocycles. The molecule has 2 aliphatic heterocycles. The van der Waals surface area contributed by atoms with Crippen LogP contribution in [0.5, 0.6) is 5.75 Å². The van der Waals surface area contributed by atoms with Crippen LogP contribution in [-0.2, 0) is 11.8 Å². The molecule has 8 heteroatoms. The van der Waals surface area contributed by atoms with Gasteiger partial charge in [-0.1, -0.05) is 24.3 Å². The van der Waals surface area contributed by atoms with E-state index in [1.54, 1.807) is 18.3 Å². The number of aromatic nitrogens is 1. The zero-order valence-electron chi connectivity index (χ0n) is 21.5. The van der Waals surface area contributed by atoms with Crippen LogP contribution in [0.15, 0.2) is 48.7 Å². The first-order chi connectivity index (χ1) is 18.9. The number of pyridine rings is 1. The molecule has 4 fully saturated rings. The van der Waals surface area contributed by atoms with Crippen molar-refractivity contribution < 1.29 is 19.4 Å². The maximum Gasteiger partial charge on any atom is 0.252 e. The molecule has 198 valence electrons. The molecule has 4 unspecified atom stereocenters. The van der Waals surface area contributed by atoms with Gasteiger partial charge in [0.2, 0.25) is 0 Å². The zero-order valence-corrected chi connectivity index (χ0v) is 21.5. The Morgan fingerprint density at radius 1 is 1.13 bits per heavy atom. The Hall–Kier alpha value is -3.49. The number of fused-ring (bicyclic) bond motifs is 2. The van der Waals surface area contributed by atoms with Gasteiger partial charge in [-0.15, -0.1) is 0 Å². The SMILES string of the molecule is NC(=O)c1ccc2c3c1O[C@H]1C(NC(=O)c4ccnc5ccccc45)CC[C@@]4(O)C5N(CC6CC6)C5(C2)C[C@]314. The van der Waals surface area contributed by atoms with Crippen LogP contribution in [-0.4, -0.2) is 62.7 Å². The lowest BCUT2D eigenvalue weighted by Crippen LogP contribution is -2.68. The standard InChI is InChI=1S/C31H30N4O4/c32-26(36)20-8-7-17-13-29-15-30-23(17)24(20)39-25(30)22(9-11-31(30,38)28(29)35(29)14-16-5-6-16)34-27(37)19-10-12-33-21-4-2-1-3-18(19)21/h1-4,7-8,10,12,16,22,25,28,38H,5-6,9,11,13-15H2,(H2,32,36)(H,34,37)/t22?,25-,28?,29?,30-,31+,35?/m0/s1. The minimum absolute atomic E-state index is 0.0767. The molecular formula is C31H30N4O4. The van der Waals surface area contributed by atoms with Crippen molar-refractivity contribution in [3.8, 4) is 5.75 Å².